The Morgan fingerprint density at radius 1 is 0.933 bits per heavy atom. The van der Waals surface area contributed by atoms with E-state index < -0.39 is 0 Å². The molecule has 0 aromatic carbocycles. The van der Waals surface area contributed by atoms with Gasteiger partial charge in [0.2, 0.25) is 0 Å². The van der Waals surface area contributed by atoms with Crippen molar-refractivity contribution in [1.82, 2.24) is 0 Å². The van der Waals surface area contributed by atoms with Crippen LogP contribution in [-0.2, 0) is 0 Å². The van der Waals surface area contributed by atoms with Gasteiger partial charge in [-0.25, -0.2) is 0 Å². The summed E-state index contributed by atoms with van der Waals surface area (Å²) in [5.74, 6) is 3.43. The largest absolute Gasteiger partial charge is 0.397 e. The van der Waals surface area contributed by atoms with E-state index >= 15 is 0 Å². The Balaban J connectivity index is 0.000000280. The van der Waals surface area contributed by atoms with Crippen molar-refractivity contribution in [3.05, 3.63) is 0 Å². The fourth-order valence-electron chi connectivity index (χ4n) is 2.88. The molecule has 3 atom stereocenters. The van der Waals surface area contributed by atoms with Crippen LogP contribution in [0.5, 0.6) is 0 Å². The number of aliphatic hydroxyl groups excluding tert-OH is 2. The molecule has 3 unspecified atom stereocenters. The highest BCUT2D eigenvalue weighted by molar-refractivity contribution is 4.88. The van der Waals surface area contributed by atoms with E-state index in [-0.39, 0.29) is 13.2 Å². The van der Waals surface area contributed by atoms with Gasteiger partial charge < -0.3 is 10.2 Å². The Morgan fingerprint density at radius 2 is 1.47 bits per heavy atom. The van der Waals surface area contributed by atoms with Crippen molar-refractivity contribution in [2.75, 3.05) is 13.2 Å². The predicted molar refractivity (Wildman–Crippen MR) is 64.7 cm³/mol. The highest BCUT2D eigenvalue weighted by Crippen LogP contribution is 2.49. The van der Waals surface area contributed by atoms with Crippen LogP contribution in [0, 0.1) is 17.8 Å². The van der Waals surface area contributed by atoms with Crippen molar-refractivity contribution in [1.29, 1.82) is 0 Å². The third-order valence-electron chi connectivity index (χ3n) is 3.41. The van der Waals surface area contributed by atoms with E-state index in [4.69, 9.17) is 10.2 Å². The predicted octanol–water partition coefficient (Wildman–Crippen LogP) is 2.83. The molecule has 2 nitrogen and oxygen atoms in total. The molecule has 0 radical (unpaired) electrons. The van der Waals surface area contributed by atoms with E-state index in [2.05, 4.69) is 6.92 Å². The van der Waals surface area contributed by atoms with Crippen LogP contribution in [0.3, 0.4) is 0 Å². The minimum atomic E-state index is 0.250. The zero-order valence-corrected chi connectivity index (χ0v) is 10.6. The second-order valence-electron chi connectivity index (χ2n) is 4.48. The molecule has 0 aliphatic heterocycles. The summed E-state index contributed by atoms with van der Waals surface area (Å²) in [5, 5.41) is 15.1. The van der Waals surface area contributed by atoms with Crippen LogP contribution in [0.2, 0.25) is 0 Å². The molecule has 0 heterocycles. The molecule has 2 rings (SSSR count). The number of rotatable bonds is 1. The van der Waals surface area contributed by atoms with E-state index in [0.29, 0.717) is 0 Å². The number of hydrogen-bond donors (Lipinski definition) is 2. The number of aliphatic hydroxyl groups is 2. The molecule has 2 bridgehead atoms. The summed E-state index contributed by atoms with van der Waals surface area (Å²) < 4.78 is 0. The zero-order valence-electron chi connectivity index (χ0n) is 10.6. The van der Waals surface area contributed by atoms with Crippen LogP contribution in [0.25, 0.3) is 0 Å². The van der Waals surface area contributed by atoms with E-state index in [9.17, 15) is 0 Å². The Labute approximate surface area is 94.7 Å². The molecular formula is C13H28O2. The van der Waals surface area contributed by atoms with Crippen molar-refractivity contribution in [2.45, 2.75) is 52.9 Å². The van der Waals surface area contributed by atoms with Gasteiger partial charge in [0.15, 0.2) is 0 Å². The molecule has 0 saturated heterocycles. The molecule has 2 aliphatic rings. The van der Waals surface area contributed by atoms with Gasteiger partial charge in [-0.05, 0) is 50.9 Å². The Hall–Kier alpha value is -0.0800. The molecule has 2 aliphatic carbocycles. The van der Waals surface area contributed by atoms with Gasteiger partial charge in [-0.3, -0.25) is 0 Å². The quantitative estimate of drug-likeness (QED) is 0.707. The third kappa shape index (κ3) is 5.53. The van der Waals surface area contributed by atoms with E-state index in [1.54, 1.807) is 39.5 Å². The van der Waals surface area contributed by atoms with Crippen LogP contribution in [0.15, 0.2) is 0 Å². The zero-order chi connectivity index (χ0) is 11.7. The molecule has 2 saturated carbocycles. The Bertz CT molecular complexity index is 134. The van der Waals surface area contributed by atoms with E-state index in [1.807, 2.05) is 0 Å². The molecule has 92 valence electrons. The van der Waals surface area contributed by atoms with Crippen LogP contribution in [0.1, 0.15) is 52.9 Å². The van der Waals surface area contributed by atoms with E-state index in [0.717, 1.165) is 17.8 Å². The molecule has 2 heteroatoms. The van der Waals surface area contributed by atoms with Gasteiger partial charge in [0, 0.05) is 13.2 Å². The van der Waals surface area contributed by atoms with Crippen molar-refractivity contribution >= 4 is 0 Å². The average Bonchev–Trinajstić information content (AvgIpc) is 2.80. The van der Waals surface area contributed by atoms with Gasteiger partial charge in [0.1, 0.15) is 0 Å². The highest BCUT2D eigenvalue weighted by atomic mass is 16.3. The minimum absolute atomic E-state index is 0.250. The standard InChI is InChI=1S/C9H16.2C2H6O/c1-2-8-5-7-3-4-9(8)6-7;2*1-2-3/h7-9H,2-6H2,1H3;2*3H,2H2,1H3. The monoisotopic (exact) mass is 216 g/mol. The Morgan fingerprint density at radius 3 is 1.67 bits per heavy atom. The SMILES string of the molecule is CCC1CC2CCC1C2.CCO.CCO. The fraction of sp³-hybridized carbons (Fsp3) is 1.00. The fourth-order valence-corrected chi connectivity index (χ4v) is 2.88. The maximum Gasteiger partial charge on any atom is 0.0402 e. The summed E-state index contributed by atoms with van der Waals surface area (Å²) >= 11 is 0. The lowest BCUT2D eigenvalue weighted by Crippen LogP contribution is -2.08. The van der Waals surface area contributed by atoms with Crippen molar-refractivity contribution in [3.8, 4) is 0 Å². The van der Waals surface area contributed by atoms with Crippen LogP contribution >= 0.6 is 0 Å². The molecule has 0 spiro atoms. The highest BCUT2D eigenvalue weighted by Gasteiger charge is 2.37. The van der Waals surface area contributed by atoms with Crippen molar-refractivity contribution in [3.63, 3.8) is 0 Å². The van der Waals surface area contributed by atoms with Gasteiger partial charge in [-0.2, -0.15) is 0 Å². The number of hydrogen-bond acceptors (Lipinski definition) is 2. The van der Waals surface area contributed by atoms with E-state index in [1.165, 1.54) is 6.42 Å². The van der Waals surface area contributed by atoms with Crippen molar-refractivity contribution in [2.24, 2.45) is 17.8 Å². The first-order valence-electron chi connectivity index (χ1n) is 6.44. The van der Waals surface area contributed by atoms with Crippen LogP contribution in [-0.4, -0.2) is 23.4 Å². The first-order valence-corrected chi connectivity index (χ1v) is 6.44. The summed E-state index contributed by atoms with van der Waals surface area (Å²) in [5.41, 5.74) is 0. The molecule has 0 aromatic heterocycles. The molecule has 0 amide bonds. The molecule has 0 aromatic rings. The lowest BCUT2D eigenvalue weighted by atomic mass is 9.87. The first kappa shape index (κ1) is 14.9. The maximum atomic E-state index is 7.57. The second-order valence-corrected chi connectivity index (χ2v) is 4.48. The van der Waals surface area contributed by atoms with Gasteiger partial charge in [0.05, 0.1) is 0 Å². The number of fused-ring (bicyclic) bond motifs is 2. The lowest BCUT2D eigenvalue weighted by Gasteiger charge is -2.18. The smallest absolute Gasteiger partial charge is 0.0402 e. The minimum Gasteiger partial charge on any atom is -0.397 e. The Kier molecular flexibility index (Phi) is 9.12. The maximum absolute atomic E-state index is 7.57. The summed E-state index contributed by atoms with van der Waals surface area (Å²) in [7, 11) is 0. The molecule has 2 N–H and O–H groups in total. The summed E-state index contributed by atoms with van der Waals surface area (Å²) in [4.78, 5) is 0. The molecule has 15 heavy (non-hydrogen) atoms. The topological polar surface area (TPSA) is 40.5 Å². The molecule has 2 fully saturated rings. The van der Waals surface area contributed by atoms with Crippen LogP contribution < -0.4 is 0 Å². The normalized spacial score (nSPS) is 31.4. The van der Waals surface area contributed by atoms with Gasteiger partial charge in [-0.15, -0.1) is 0 Å². The first-order chi connectivity index (χ1) is 7.23. The summed E-state index contributed by atoms with van der Waals surface area (Å²) in [6, 6.07) is 0. The molecular weight excluding hydrogens is 188 g/mol. The summed E-state index contributed by atoms with van der Waals surface area (Å²) in [6.45, 7) is 6.21. The second kappa shape index (κ2) is 9.17. The van der Waals surface area contributed by atoms with Crippen molar-refractivity contribution < 1.29 is 10.2 Å². The average molecular weight is 216 g/mol. The third-order valence-corrected chi connectivity index (χ3v) is 3.41. The van der Waals surface area contributed by atoms with Gasteiger partial charge in [0.25, 0.3) is 0 Å². The van der Waals surface area contributed by atoms with Gasteiger partial charge >= 0.3 is 0 Å². The van der Waals surface area contributed by atoms with Gasteiger partial charge in [-0.1, -0.05) is 19.8 Å². The lowest BCUT2D eigenvalue weighted by molar-refractivity contribution is 0.318. The summed E-state index contributed by atoms with van der Waals surface area (Å²) in [6.07, 6.45) is 7.71. The van der Waals surface area contributed by atoms with Crippen LogP contribution in [0.4, 0.5) is 0 Å².